The van der Waals surface area contributed by atoms with Crippen LogP contribution in [0.25, 0.3) is 11.1 Å². The number of aromatic nitrogens is 1. The highest BCUT2D eigenvalue weighted by Crippen LogP contribution is 2.49. The van der Waals surface area contributed by atoms with Crippen LogP contribution in [0.15, 0.2) is 54.7 Å². The van der Waals surface area contributed by atoms with Gasteiger partial charge in [-0.25, -0.2) is 4.98 Å². The molecule has 3 aromatic rings. The standard InChI is InChI=1S/C33H38N2O4/c1-22(32(36)37)17-23-5-6-24-8-10-29(39-30(24)18-23)26-7-9-28(25-11-15-34-31(20-25)38-2)27(19-26)21-35-16-4-3-12-33(35)13-14-33/h5-7,9,11,15,18-20,22,29H,3-4,8,10,12-14,16-17,21H2,1-2H3,(H,36,37)/t22?,29-/m0/s1. The van der Waals surface area contributed by atoms with Crippen LogP contribution in [0.5, 0.6) is 11.6 Å². The maximum atomic E-state index is 11.4. The molecule has 6 rings (SSSR count). The molecule has 3 aliphatic rings. The van der Waals surface area contributed by atoms with E-state index in [0.29, 0.717) is 17.8 Å². The van der Waals surface area contributed by atoms with Crippen molar-refractivity contribution in [2.24, 2.45) is 5.92 Å². The van der Waals surface area contributed by atoms with Crippen LogP contribution in [0.2, 0.25) is 0 Å². The van der Waals surface area contributed by atoms with Gasteiger partial charge in [-0.1, -0.05) is 43.7 Å². The maximum absolute atomic E-state index is 11.4. The lowest BCUT2D eigenvalue weighted by molar-refractivity contribution is -0.141. The monoisotopic (exact) mass is 526 g/mol. The number of fused-ring (bicyclic) bond motifs is 1. The minimum absolute atomic E-state index is 0.0272. The highest BCUT2D eigenvalue weighted by Gasteiger charge is 2.48. The van der Waals surface area contributed by atoms with Gasteiger partial charge in [0, 0.05) is 24.3 Å². The summed E-state index contributed by atoms with van der Waals surface area (Å²) in [5.41, 5.74) is 7.48. The van der Waals surface area contributed by atoms with Crippen LogP contribution in [0.3, 0.4) is 0 Å². The first-order valence-electron chi connectivity index (χ1n) is 14.3. The van der Waals surface area contributed by atoms with E-state index < -0.39 is 11.9 Å². The lowest BCUT2D eigenvalue weighted by Crippen LogP contribution is -2.40. The van der Waals surface area contributed by atoms with Gasteiger partial charge in [0.05, 0.1) is 13.0 Å². The fraction of sp³-hybridized carbons (Fsp3) is 0.455. The zero-order chi connectivity index (χ0) is 27.0. The molecule has 6 nitrogen and oxygen atoms in total. The predicted molar refractivity (Wildman–Crippen MR) is 151 cm³/mol. The summed E-state index contributed by atoms with van der Waals surface area (Å²) in [5.74, 6) is 0.319. The summed E-state index contributed by atoms with van der Waals surface area (Å²) in [4.78, 5) is 18.4. The third-order valence-electron chi connectivity index (χ3n) is 8.98. The summed E-state index contributed by atoms with van der Waals surface area (Å²) in [6, 6.07) is 17.1. The highest BCUT2D eigenvalue weighted by atomic mass is 16.5. The Balaban J connectivity index is 1.30. The van der Waals surface area contributed by atoms with Crippen molar-refractivity contribution in [3.8, 4) is 22.8 Å². The second kappa shape index (κ2) is 10.6. The molecule has 1 aromatic heterocycles. The quantitative estimate of drug-likeness (QED) is 0.356. The normalized spacial score (nSPS) is 20.6. The molecule has 1 saturated carbocycles. The molecule has 204 valence electrons. The minimum Gasteiger partial charge on any atom is -0.485 e. The molecule has 2 aliphatic heterocycles. The van der Waals surface area contributed by atoms with Gasteiger partial charge >= 0.3 is 5.97 Å². The van der Waals surface area contributed by atoms with Crippen molar-refractivity contribution in [1.82, 2.24) is 9.88 Å². The van der Waals surface area contributed by atoms with Crippen molar-refractivity contribution in [2.45, 2.75) is 76.5 Å². The highest BCUT2D eigenvalue weighted by molar-refractivity contribution is 5.70. The number of carbonyl (C=O) groups is 1. The predicted octanol–water partition coefficient (Wildman–Crippen LogP) is 6.61. The molecule has 3 heterocycles. The van der Waals surface area contributed by atoms with E-state index in [0.717, 1.165) is 42.8 Å². The summed E-state index contributed by atoms with van der Waals surface area (Å²) in [5, 5.41) is 9.34. The summed E-state index contributed by atoms with van der Waals surface area (Å²) in [7, 11) is 1.66. The lowest BCUT2D eigenvalue weighted by Gasteiger charge is -2.37. The molecule has 0 bridgehead atoms. The molecule has 39 heavy (non-hydrogen) atoms. The van der Waals surface area contributed by atoms with E-state index in [1.165, 1.54) is 54.4 Å². The average molecular weight is 527 g/mol. The van der Waals surface area contributed by atoms with Gasteiger partial charge in [-0.3, -0.25) is 9.69 Å². The van der Waals surface area contributed by atoms with Crippen LogP contribution in [0, 0.1) is 5.92 Å². The maximum Gasteiger partial charge on any atom is 0.306 e. The third-order valence-corrected chi connectivity index (χ3v) is 8.98. The first kappa shape index (κ1) is 25.9. The molecule has 2 fully saturated rings. The Kier molecular flexibility index (Phi) is 7.06. The fourth-order valence-electron chi connectivity index (χ4n) is 6.45. The number of pyridine rings is 1. The Bertz CT molecular complexity index is 1370. The molecule has 2 aromatic carbocycles. The smallest absolute Gasteiger partial charge is 0.306 e. The van der Waals surface area contributed by atoms with Crippen LogP contribution in [-0.4, -0.2) is 40.2 Å². The summed E-state index contributed by atoms with van der Waals surface area (Å²) >= 11 is 0. The fourth-order valence-corrected chi connectivity index (χ4v) is 6.45. The summed E-state index contributed by atoms with van der Waals surface area (Å²) in [6.45, 7) is 3.85. The third kappa shape index (κ3) is 5.40. The summed E-state index contributed by atoms with van der Waals surface area (Å²) < 4.78 is 12.0. The Hall–Kier alpha value is -3.38. The number of aryl methyl sites for hydroxylation is 1. The van der Waals surface area contributed by atoms with Crippen LogP contribution >= 0.6 is 0 Å². The number of aliphatic carboxylic acids is 1. The van der Waals surface area contributed by atoms with E-state index in [1.54, 1.807) is 14.0 Å². The Labute approximate surface area is 231 Å². The molecule has 1 spiro atoms. The lowest BCUT2D eigenvalue weighted by atomic mass is 9.91. The molecule has 1 saturated heterocycles. The van der Waals surface area contributed by atoms with Crippen molar-refractivity contribution in [3.05, 3.63) is 77.0 Å². The molecule has 1 unspecified atom stereocenters. The summed E-state index contributed by atoms with van der Waals surface area (Å²) in [6.07, 6.45) is 10.7. The minimum atomic E-state index is -0.771. The first-order valence-corrected chi connectivity index (χ1v) is 14.3. The van der Waals surface area contributed by atoms with E-state index in [-0.39, 0.29) is 6.10 Å². The van der Waals surface area contributed by atoms with Crippen molar-refractivity contribution >= 4 is 5.97 Å². The number of likely N-dealkylation sites (tertiary alicyclic amines) is 1. The van der Waals surface area contributed by atoms with Gasteiger partial charge < -0.3 is 14.6 Å². The van der Waals surface area contributed by atoms with E-state index >= 15 is 0 Å². The first-order chi connectivity index (χ1) is 18.9. The van der Waals surface area contributed by atoms with Gasteiger partial charge in [-0.15, -0.1) is 0 Å². The van der Waals surface area contributed by atoms with Crippen LogP contribution in [0.1, 0.15) is 73.8 Å². The van der Waals surface area contributed by atoms with E-state index in [4.69, 9.17) is 9.47 Å². The van der Waals surface area contributed by atoms with Gasteiger partial charge in [-0.05, 0) is 97.0 Å². The van der Waals surface area contributed by atoms with Gasteiger partial charge in [-0.2, -0.15) is 0 Å². The van der Waals surface area contributed by atoms with Gasteiger partial charge in [0.15, 0.2) is 0 Å². The second-order valence-electron chi connectivity index (χ2n) is 11.6. The van der Waals surface area contributed by atoms with Gasteiger partial charge in [0.1, 0.15) is 11.9 Å². The van der Waals surface area contributed by atoms with Crippen LogP contribution < -0.4 is 9.47 Å². The number of hydrogen-bond acceptors (Lipinski definition) is 5. The van der Waals surface area contributed by atoms with Crippen molar-refractivity contribution in [2.75, 3.05) is 13.7 Å². The van der Waals surface area contributed by atoms with Crippen molar-refractivity contribution in [3.63, 3.8) is 0 Å². The number of ether oxygens (including phenoxy) is 2. The second-order valence-corrected chi connectivity index (χ2v) is 11.6. The van der Waals surface area contributed by atoms with E-state index in [9.17, 15) is 9.90 Å². The molecule has 2 atom stereocenters. The van der Waals surface area contributed by atoms with Crippen molar-refractivity contribution < 1.29 is 19.4 Å². The molecule has 1 aliphatic carbocycles. The molecular weight excluding hydrogens is 488 g/mol. The number of methoxy groups -OCH3 is 1. The molecular formula is C33H38N2O4. The van der Waals surface area contributed by atoms with Crippen molar-refractivity contribution in [1.29, 1.82) is 0 Å². The van der Waals surface area contributed by atoms with Gasteiger partial charge in [0.2, 0.25) is 5.88 Å². The number of hydrogen-bond donors (Lipinski definition) is 1. The number of benzene rings is 2. The Morgan fingerprint density at radius 3 is 2.82 bits per heavy atom. The van der Waals surface area contributed by atoms with Gasteiger partial charge in [0.25, 0.3) is 0 Å². The number of piperidine rings is 1. The molecule has 6 heteroatoms. The van der Waals surface area contributed by atoms with E-state index in [2.05, 4.69) is 40.2 Å². The molecule has 1 N–H and O–H groups in total. The number of carboxylic acids is 1. The topological polar surface area (TPSA) is 71.9 Å². The zero-order valence-electron chi connectivity index (χ0n) is 23.0. The number of carboxylic acid groups (broad SMARTS) is 1. The molecule has 0 amide bonds. The molecule has 0 radical (unpaired) electrons. The Morgan fingerprint density at radius 1 is 1.15 bits per heavy atom. The zero-order valence-corrected chi connectivity index (χ0v) is 23.0. The Morgan fingerprint density at radius 2 is 2.03 bits per heavy atom. The number of rotatable bonds is 8. The van der Waals surface area contributed by atoms with Crippen LogP contribution in [-0.2, 0) is 24.2 Å². The SMILES string of the molecule is COc1cc(-c2ccc([C@@H]3CCc4ccc(CC(C)C(=O)O)cc4O3)cc2CN2CCCCC23CC3)ccn1. The number of nitrogens with zero attached hydrogens (tertiary/aromatic N) is 2. The largest absolute Gasteiger partial charge is 0.485 e. The average Bonchev–Trinajstić information content (AvgIpc) is 3.73. The van der Waals surface area contributed by atoms with Crippen LogP contribution in [0.4, 0.5) is 0 Å². The van der Waals surface area contributed by atoms with E-state index in [1.807, 2.05) is 24.4 Å².